The molecule has 4 bridgehead atoms. The SMILES string of the molecule is CC.CCc1c(F)ccc2cc(O)cc(-c3ncc4c(N5CC6CCC(C5)N6)cc(OC)nc4c3F)c12.COc1cc(N2CC3CCC(C2)N3)c2cnc(-c3cc(O)cc4cccc(Cl)c34)c(F)c2n1.FC1CC2CCCN2C1.FC1CC2CCCN2C1. The highest BCUT2D eigenvalue weighted by Crippen LogP contribution is 2.43. The van der Waals surface area contributed by atoms with Gasteiger partial charge in [0, 0.05) is 132 Å². The maximum Gasteiger partial charge on any atom is 0.215 e. The zero-order valence-electron chi connectivity index (χ0n) is 50.6. The van der Waals surface area contributed by atoms with Crippen molar-refractivity contribution in [1.29, 1.82) is 0 Å². The molecule has 8 saturated heterocycles. The lowest BCUT2D eigenvalue weighted by Gasteiger charge is -2.35. The summed E-state index contributed by atoms with van der Waals surface area (Å²) in [5.74, 6) is -0.941. The van der Waals surface area contributed by atoms with E-state index in [2.05, 4.69) is 50.2 Å². The van der Waals surface area contributed by atoms with E-state index in [1.54, 1.807) is 42.7 Å². The highest BCUT2D eigenvalue weighted by molar-refractivity contribution is 6.36. The van der Waals surface area contributed by atoms with E-state index in [1.807, 2.05) is 39.0 Å². The van der Waals surface area contributed by atoms with Crippen LogP contribution in [0.1, 0.15) is 90.5 Å². The van der Waals surface area contributed by atoms with Gasteiger partial charge in [-0.2, -0.15) is 0 Å². The summed E-state index contributed by atoms with van der Waals surface area (Å²) in [5.41, 5.74) is 3.34. The lowest BCUT2D eigenvalue weighted by atomic mass is 9.94. The molecule has 4 aromatic heterocycles. The average Bonchev–Trinajstić information content (AvgIpc) is 1.40. The molecule has 0 aliphatic carbocycles. The van der Waals surface area contributed by atoms with Gasteiger partial charge in [-0.25, -0.2) is 31.9 Å². The number of phenolic OH excluding ortho intramolecular Hbond substituents is 2. The van der Waals surface area contributed by atoms with Crippen molar-refractivity contribution < 1.29 is 41.6 Å². The van der Waals surface area contributed by atoms with Gasteiger partial charge in [-0.1, -0.05) is 50.6 Å². The van der Waals surface area contributed by atoms with Gasteiger partial charge in [-0.15, -0.1) is 0 Å². The molecule has 8 atom stereocenters. The Labute approximate surface area is 515 Å². The number of fused-ring (bicyclic) bond motifs is 10. The van der Waals surface area contributed by atoms with Gasteiger partial charge in [0.2, 0.25) is 11.8 Å². The number of nitrogens with one attached hydrogen (secondary N) is 2. The molecule has 466 valence electrons. The van der Waals surface area contributed by atoms with Gasteiger partial charge in [-0.05, 0) is 142 Å². The van der Waals surface area contributed by atoms with Crippen LogP contribution < -0.4 is 29.9 Å². The van der Waals surface area contributed by atoms with E-state index in [1.165, 1.54) is 58.1 Å². The molecule has 8 aromatic rings. The van der Waals surface area contributed by atoms with E-state index in [4.69, 9.17) is 21.1 Å². The third-order valence-corrected chi connectivity index (χ3v) is 19.2. The standard InChI is InChI=1S/C27H26F2N4O2.C25H22ClFN4O2.2C7H12FN.C2H6/c1-3-18-21(28)7-4-14-8-17(34)9-19(24(14)18)26-25(29)27-20(11-30-26)22(10-23(32-27)35-2)33-12-15-5-6-16(13-33)31-15;1-33-21-9-20(31-11-14-5-6-15(12-31)29-14)18-10-28-24(23(27)25(18)30-21)17-8-16(32)7-13-3-2-4-19(26)22(13)17;2*8-6-4-7-2-1-3-9(7)5-6;1-2/h4,7-11,15-16,31,34H,3,5-6,12-13H2,1-2H3;2-4,7-10,14-15,29,32H,5-6,11-12H2,1H3;2*6-7H,1-5H2;1-2H3. The number of aromatic nitrogens is 4. The van der Waals surface area contributed by atoms with E-state index in [0.29, 0.717) is 122 Å². The molecule has 88 heavy (non-hydrogen) atoms. The first kappa shape index (κ1) is 61.3. The molecule has 8 aliphatic heterocycles. The molecule has 0 spiro atoms. The average molecular weight is 1230 g/mol. The molecule has 16 rings (SSSR count). The van der Waals surface area contributed by atoms with Crippen LogP contribution in [-0.2, 0) is 6.42 Å². The number of hydrogen-bond donors (Lipinski definition) is 4. The minimum atomic E-state index is -0.626. The van der Waals surface area contributed by atoms with Crippen molar-refractivity contribution in [2.75, 3.05) is 76.4 Å². The minimum Gasteiger partial charge on any atom is -0.508 e. The lowest BCUT2D eigenvalue weighted by Crippen LogP contribution is -2.51. The van der Waals surface area contributed by atoms with Crippen molar-refractivity contribution in [1.82, 2.24) is 40.4 Å². The van der Waals surface area contributed by atoms with Gasteiger partial charge in [0.1, 0.15) is 52.1 Å². The van der Waals surface area contributed by atoms with Crippen molar-refractivity contribution in [2.45, 2.75) is 140 Å². The number of pyridine rings is 4. The Bertz CT molecular complexity index is 3790. The van der Waals surface area contributed by atoms with Gasteiger partial charge >= 0.3 is 0 Å². The number of aryl methyl sites for hydroxylation is 1. The molecule has 8 unspecified atom stereocenters. The van der Waals surface area contributed by atoms with Crippen molar-refractivity contribution in [2.24, 2.45) is 0 Å². The number of rotatable bonds is 7. The molecule has 0 amide bonds. The van der Waals surface area contributed by atoms with Crippen LogP contribution in [0.4, 0.5) is 33.3 Å². The highest BCUT2D eigenvalue weighted by atomic mass is 35.5. The van der Waals surface area contributed by atoms with Crippen LogP contribution in [0.3, 0.4) is 0 Å². The summed E-state index contributed by atoms with van der Waals surface area (Å²) < 4.78 is 83.0. The number of benzene rings is 4. The van der Waals surface area contributed by atoms with Crippen LogP contribution in [0.25, 0.3) is 65.9 Å². The van der Waals surface area contributed by atoms with E-state index < -0.39 is 24.0 Å². The fourth-order valence-electron chi connectivity index (χ4n) is 15.0. The number of piperazine rings is 2. The number of nitrogens with zero attached hydrogens (tertiary/aromatic N) is 8. The Kier molecular flexibility index (Phi) is 18.3. The third-order valence-electron chi connectivity index (χ3n) is 18.9. The monoisotopic (exact) mass is 1230 g/mol. The van der Waals surface area contributed by atoms with Crippen LogP contribution in [-0.4, -0.2) is 155 Å². The number of phenols is 2. The first-order valence-electron chi connectivity index (χ1n) is 31.4. The van der Waals surface area contributed by atoms with Crippen molar-refractivity contribution in [3.05, 3.63) is 107 Å². The van der Waals surface area contributed by atoms with E-state index >= 15 is 8.78 Å². The second-order valence-electron chi connectivity index (χ2n) is 24.4. The van der Waals surface area contributed by atoms with E-state index in [9.17, 15) is 23.4 Å². The Hall–Kier alpha value is -6.90. The predicted octanol–water partition coefficient (Wildman–Crippen LogP) is 13.3. The smallest absolute Gasteiger partial charge is 0.215 e. The molecule has 14 nitrogen and oxygen atoms in total. The summed E-state index contributed by atoms with van der Waals surface area (Å²) in [6, 6.07) is 21.0. The molecule has 4 aromatic carbocycles. The lowest BCUT2D eigenvalue weighted by molar-refractivity contribution is 0.292. The summed E-state index contributed by atoms with van der Waals surface area (Å²) in [7, 11) is 3.04. The molecule has 0 radical (unpaired) electrons. The van der Waals surface area contributed by atoms with E-state index in [-0.39, 0.29) is 39.7 Å². The van der Waals surface area contributed by atoms with Crippen LogP contribution in [0, 0.1) is 17.5 Å². The molecular weight excluding hydrogens is 1150 g/mol. The quantitative estimate of drug-likeness (QED) is 0.112. The Morgan fingerprint density at radius 1 is 0.591 bits per heavy atom. The van der Waals surface area contributed by atoms with Crippen molar-refractivity contribution >= 4 is 66.3 Å². The fraction of sp³-hybridized carbons (Fsp3) is 0.471. The summed E-state index contributed by atoms with van der Waals surface area (Å²) in [6.45, 7) is 12.9. The molecule has 4 N–H and O–H groups in total. The summed E-state index contributed by atoms with van der Waals surface area (Å²) >= 11 is 6.46. The number of anilines is 2. The molecule has 8 aliphatic rings. The van der Waals surface area contributed by atoms with Gasteiger partial charge in [0.15, 0.2) is 11.6 Å². The van der Waals surface area contributed by atoms with Crippen LogP contribution >= 0.6 is 11.6 Å². The Balaban J connectivity index is 0.000000130. The summed E-state index contributed by atoms with van der Waals surface area (Å²) in [6.07, 6.45) is 13.9. The number of hydrogen-bond acceptors (Lipinski definition) is 14. The highest BCUT2D eigenvalue weighted by Gasteiger charge is 2.38. The van der Waals surface area contributed by atoms with Crippen molar-refractivity contribution in [3.8, 4) is 45.8 Å². The third kappa shape index (κ3) is 12.3. The number of halogens is 6. The van der Waals surface area contributed by atoms with Gasteiger partial charge in [0.25, 0.3) is 0 Å². The van der Waals surface area contributed by atoms with Crippen LogP contribution in [0.5, 0.6) is 23.3 Å². The molecule has 8 fully saturated rings. The minimum absolute atomic E-state index is 0.0108. The molecule has 12 heterocycles. The summed E-state index contributed by atoms with van der Waals surface area (Å²) in [5, 5.41) is 32.1. The number of aromatic hydroxyl groups is 2. The number of methoxy groups -OCH3 is 2. The fourth-order valence-corrected chi connectivity index (χ4v) is 15.2. The van der Waals surface area contributed by atoms with Gasteiger partial charge in [0.05, 0.1) is 25.6 Å². The maximum atomic E-state index is 16.2. The maximum absolute atomic E-state index is 16.2. The predicted molar refractivity (Wildman–Crippen MR) is 340 cm³/mol. The van der Waals surface area contributed by atoms with Gasteiger partial charge in [-0.3, -0.25) is 19.8 Å². The zero-order chi connectivity index (χ0) is 61.5. The summed E-state index contributed by atoms with van der Waals surface area (Å²) in [4.78, 5) is 27.0. The normalized spacial score (nSPS) is 24.3. The Morgan fingerprint density at radius 2 is 1.05 bits per heavy atom. The first-order chi connectivity index (χ1) is 42.7. The molecule has 20 heteroatoms. The van der Waals surface area contributed by atoms with Crippen LogP contribution in [0.2, 0.25) is 5.02 Å². The molecular formula is C68H78ClF5N10O4. The largest absolute Gasteiger partial charge is 0.508 e. The number of ether oxygens (including phenoxy) is 2. The molecule has 0 saturated carbocycles. The zero-order valence-corrected chi connectivity index (χ0v) is 51.4. The van der Waals surface area contributed by atoms with Gasteiger partial charge < -0.3 is 40.1 Å². The van der Waals surface area contributed by atoms with E-state index in [0.717, 1.165) is 89.2 Å². The topological polar surface area (TPSA) is 148 Å². The second-order valence-corrected chi connectivity index (χ2v) is 24.8. The Morgan fingerprint density at radius 3 is 1.49 bits per heavy atom. The first-order valence-corrected chi connectivity index (χ1v) is 31.8. The second kappa shape index (κ2) is 26.3. The van der Waals surface area contributed by atoms with Crippen LogP contribution in [0.15, 0.2) is 79.1 Å². The van der Waals surface area contributed by atoms with Crippen molar-refractivity contribution in [3.63, 3.8) is 0 Å². The number of alkyl halides is 2.